The number of hydrogen-bond donors (Lipinski definition) is 2. The summed E-state index contributed by atoms with van der Waals surface area (Å²) in [6.45, 7) is 0.553. The Morgan fingerprint density at radius 2 is 1.93 bits per heavy atom. The van der Waals surface area contributed by atoms with Crippen molar-refractivity contribution in [2.45, 2.75) is 6.42 Å². The van der Waals surface area contributed by atoms with Gasteiger partial charge in [-0.3, -0.25) is 4.79 Å². The Balaban J connectivity index is 1.54. The van der Waals surface area contributed by atoms with E-state index in [-0.39, 0.29) is 12.4 Å². The summed E-state index contributed by atoms with van der Waals surface area (Å²) in [4.78, 5) is 12.3. The zero-order valence-corrected chi connectivity index (χ0v) is 16.2. The molecule has 0 aliphatic carbocycles. The molecule has 1 amide bonds. The van der Waals surface area contributed by atoms with Gasteiger partial charge in [-0.05, 0) is 36.2 Å². The van der Waals surface area contributed by atoms with Crippen LogP contribution in [0, 0.1) is 11.3 Å². The number of fused-ring (bicyclic) bond motifs is 1. The van der Waals surface area contributed by atoms with Crippen LogP contribution in [0.4, 0.5) is 5.69 Å². The first kappa shape index (κ1) is 19.9. The van der Waals surface area contributed by atoms with Crippen LogP contribution in [0.2, 0.25) is 0 Å². The summed E-state index contributed by atoms with van der Waals surface area (Å²) < 4.78 is 21.0. The van der Waals surface area contributed by atoms with E-state index < -0.39 is 5.91 Å². The van der Waals surface area contributed by atoms with Crippen LogP contribution >= 0.6 is 0 Å². The number of carbonyl (C=O) groups excluding carboxylic acids is 1. The first-order valence-corrected chi connectivity index (χ1v) is 8.90. The number of rotatable bonds is 8. The van der Waals surface area contributed by atoms with Gasteiger partial charge in [-0.15, -0.1) is 0 Å². The molecule has 2 N–H and O–H groups in total. The number of hydrogen-bond acceptors (Lipinski definition) is 7. The summed E-state index contributed by atoms with van der Waals surface area (Å²) in [5, 5.41) is 14.9. The Morgan fingerprint density at radius 3 is 2.69 bits per heavy atom. The van der Waals surface area contributed by atoms with Crippen molar-refractivity contribution in [3.8, 4) is 29.1 Å². The molecule has 1 heterocycles. The number of ether oxygens (including phenoxy) is 4. The molecule has 8 heteroatoms. The van der Waals surface area contributed by atoms with E-state index in [0.29, 0.717) is 41.7 Å². The van der Waals surface area contributed by atoms with Crippen molar-refractivity contribution in [2.75, 3.05) is 32.9 Å². The minimum absolute atomic E-state index is 0.0324. The van der Waals surface area contributed by atoms with E-state index in [1.165, 1.54) is 6.20 Å². The molecule has 2 aromatic rings. The molecule has 0 radical (unpaired) electrons. The molecule has 2 aromatic carbocycles. The molecule has 0 saturated carbocycles. The van der Waals surface area contributed by atoms with E-state index in [1.54, 1.807) is 32.4 Å². The highest BCUT2D eigenvalue weighted by Gasteiger charge is 2.13. The van der Waals surface area contributed by atoms with Crippen LogP contribution in [-0.4, -0.2) is 33.5 Å². The van der Waals surface area contributed by atoms with Crippen molar-refractivity contribution in [3.63, 3.8) is 0 Å². The molecule has 8 nitrogen and oxygen atoms in total. The third kappa shape index (κ3) is 4.90. The minimum Gasteiger partial charge on any atom is -0.493 e. The molecule has 1 aliphatic heterocycles. The Morgan fingerprint density at radius 1 is 1.14 bits per heavy atom. The van der Waals surface area contributed by atoms with Crippen molar-refractivity contribution in [1.29, 1.82) is 5.26 Å². The lowest BCUT2D eigenvalue weighted by atomic mass is 10.1. The zero-order valence-electron chi connectivity index (χ0n) is 16.2. The lowest BCUT2D eigenvalue weighted by Crippen LogP contribution is -2.27. The van der Waals surface area contributed by atoms with Gasteiger partial charge in [-0.2, -0.15) is 5.26 Å². The number of nitrogens with zero attached hydrogens (tertiary/aromatic N) is 1. The van der Waals surface area contributed by atoms with Gasteiger partial charge in [-0.1, -0.05) is 6.07 Å². The van der Waals surface area contributed by atoms with Gasteiger partial charge in [0.25, 0.3) is 5.91 Å². The maximum Gasteiger partial charge on any atom is 0.263 e. The molecular weight excluding hydrogens is 374 g/mol. The first-order chi connectivity index (χ1) is 14.1. The maximum absolute atomic E-state index is 12.3. The van der Waals surface area contributed by atoms with Gasteiger partial charge >= 0.3 is 0 Å². The smallest absolute Gasteiger partial charge is 0.263 e. The topological polar surface area (TPSA) is 102 Å². The molecule has 0 fully saturated rings. The summed E-state index contributed by atoms with van der Waals surface area (Å²) in [5.74, 6) is 2.09. The highest BCUT2D eigenvalue weighted by atomic mass is 16.7. The number of nitrogens with one attached hydrogen (secondary N) is 2. The third-order valence-electron chi connectivity index (χ3n) is 4.27. The second-order valence-electron chi connectivity index (χ2n) is 6.08. The van der Waals surface area contributed by atoms with Gasteiger partial charge in [0.05, 0.1) is 14.2 Å². The molecule has 1 aliphatic rings. The second-order valence-corrected chi connectivity index (χ2v) is 6.08. The Labute approximate surface area is 168 Å². The summed E-state index contributed by atoms with van der Waals surface area (Å²) in [6.07, 6.45) is 1.95. The fourth-order valence-corrected chi connectivity index (χ4v) is 2.74. The summed E-state index contributed by atoms with van der Waals surface area (Å²) in [6, 6.07) is 12.7. The lowest BCUT2D eigenvalue weighted by molar-refractivity contribution is -0.117. The molecular formula is C21H21N3O5. The molecule has 0 saturated heterocycles. The SMILES string of the molecule is COc1ccc(CCNC(=O)/C(C#N)=C\Nc2ccc3c(c2)OCO3)cc1OC. The lowest BCUT2D eigenvalue weighted by Gasteiger charge is -2.10. The number of methoxy groups -OCH3 is 2. The van der Waals surface area contributed by atoms with Crippen molar-refractivity contribution < 1.29 is 23.7 Å². The zero-order chi connectivity index (χ0) is 20.6. The van der Waals surface area contributed by atoms with Crippen molar-refractivity contribution in [3.05, 3.63) is 53.7 Å². The number of benzene rings is 2. The minimum atomic E-state index is -0.457. The molecule has 29 heavy (non-hydrogen) atoms. The van der Waals surface area contributed by atoms with E-state index in [4.69, 9.17) is 18.9 Å². The van der Waals surface area contributed by atoms with Gasteiger partial charge < -0.3 is 29.6 Å². The number of carbonyl (C=O) groups is 1. The van der Waals surface area contributed by atoms with Gasteiger partial charge in [0.1, 0.15) is 11.6 Å². The molecule has 0 spiro atoms. The average molecular weight is 395 g/mol. The van der Waals surface area contributed by atoms with Crippen LogP contribution in [0.5, 0.6) is 23.0 Å². The maximum atomic E-state index is 12.3. The Hall–Kier alpha value is -3.86. The van der Waals surface area contributed by atoms with Crippen LogP contribution in [0.25, 0.3) is 0 Å². The number of anilines is 1. The highest BCUT2D eigenvalue weighted by Crippen LogP contribution is 2.34. The normalized spacial score (nSPS) is 12.1. The Bertz CT molecular complexity index is 965. The number of nitriles is 1. The molecule has 3 rings (SSSR count). The average Bonchev–Trinajstić information content (AvgIpc) is 3.22. The second kappa shape index (κ2) is 9.37. The van der Waals surface area contributed by atoms with Gasteiger partial charge in [0, 0.05) is 24.5 Å². The van der Waals surface area contributed by atoms with E-state index in [9.17, 15) is 10.1 Å². The van der Waals surface area contributed by atoms with E-state index in [2.05, 4.69) is 10.6 Å². The number of amides is 1. The van der Waals surface area contributed by atoms with Crippen LogP contribution < -0.4 is 29.6 Å². The molecule has 0 unspecified atom stereocenters. The molecule has 0 aromatic heterocycles. The largest absolute Gasteiger partial charge is 0.493 e. The van der Waals surface area contributed by atoms with Gasteiger partial charge in [0.15, 0.2) is 23.0 Å². The predicted molar refractivity (Wildman–Crippen MR) is 106 cm³/mol. The van der Waals surface area contributed by atoms with Crippen LogP contribution in [-0.2, 0) is 11.2 Å². The highest BCUT2D eigenvalue weighted by molar-refractivity contribution is 5.97. The molecule has 0 bridgehead atoms. The Kier molecular flexibility index (Phi) is 6.43. The fourth-order valence-electron chi connectivity index (χ4n) is 2.74. The predicted octanol–water partition coefficient (Wildman–Crippen LogP) is 2.61. The van der Waals surface area contributed by atoms with Gasteiger partial charge in [-0.25, -0.2) is 0 Å². The van der Waals surface area contributed by atoms with Crippen LogP contribution in [0.15, 0.2) is 48.2 Å². The fraction of sp³-hybridized carbons (Fsp3) is 0.238. The first-order valence-electron chi connectivity index (χ1n) is 8.90. The monoisotopic (exact) mass is 395 g/mol. The van der Waals surface area contributed by atoms with E-state index >= 15 is 0 Å². The summed E-state index contributed by atoms with van der Waals surface area (Å²) in [5.41, 5.74) is 1.62. The van der Waals surface area contributed by atoms with Crippen LogP contribution in [0.1, 0.15) is 5.56 Å². The van der Waals surface area contributed by atoms with Crippen molar-refractivity contribution >= 4 is 11.6 Å². The standard InChI is InChI=1S/C21H21N3O5/c1-26-17-5-3-14(9-19(17)27-2)7-8-23-21(25)15(11-22)12-24-16-4-6-18-20(10-16)29-13-28-18/h3-6,9-10,12,24H,7-8,13H2,1-2H3,(H,23,25)/b15-12-. The molecule has 150 valence electrons. The van der Waals surface area contributed by atoms with E-state index in [1.807, 2.05) is 24.3 Å². The van der Waals surface area contributed by atoms with Crippen molar-refractivity contribution in [1.82, 2.24) is 5.32 Å². The van der Waals surface area contributed by atoms with E-state index in [0.717, 1.165) is 5.56 Å². The summed E-state index contributed by atoms with van der Waals surface area (Å²) >= 11 is 0. The van der Waals surface area contributed by atoms with Crippen LogP contribution in [0.3, 0.4) is 0 Å². The quantitative estimate of drug-likeness (QED) is 0.523. The molecule has 0 atom stereocenters. The van der Waals surface area contributed by atoms with Crippen molar-refractivity contribution in [2.24, 2.45) is 0 Å². The third-order valence-corrected chi connectivity index (χ3v) is 4.27. The van der Waals surface area contributed by atoms with Gasteiger partial charge in [0.2, 0.25) is 6.79 Å². The summed E-state index contributed by atoms with van der Waals surface area (Å²) in [7, 11) is 3.14.